The predicted molar refractivity (Wildman–Crippen MR) is 156 cm³/mol. The molecule has 3 aromatic rings. The fourth-order valence-electron chi connectivity index (χ4n) is 4.61. The predicted octanol–water partition coefficient (Wildman–Crippen LogP) is 5.02. The number of halogens is 1. The molecule has 1 aliphatic carbocycles. The Balaban J connectivity index is 1.35. The lowest BCUT2D eigenvalue weighted by Gasteiger charge is -2.18. The van der Waals surface area contributed by atoms with Crippen molar-refractivity contribution in [1.82, 2.24) is 19.6 Å². The molecule has 11 heteroatoms. The monoisotopic (exact) mass is 585 g/mol. The van der Waals surface area contributed by atoms with Crippen molar-refractivity contribution in [1.29, 1.82) is 0 Å². The molecule has 0 spiro atoms. The van der Waals surface area contributed by atoms with Crippen LogP contribution in [0.5, 0.6) is 11.5 Å². The Morgan fingerprint density at radius 3 is 2.67 bits per heavy atom. The van der Waals surface area contributed by atoms with Gasteiger partial charge in [0.25, 0.3) is 0 Å². The number of sulfonamides is 1. The van der Waals surface area contributed by atoms with Gasteiger partial charge in [-0.3, -0.25) is 0 Å². The molecule has 2 N–H and O–H groups in total. The van der Waals surface area contributed by atoms with E-state index in [-0.39, 0.29) is 22.1 Å². The largest absolute Gasteiger partial charge is 0.491 e. The molecule has 2 aliphatic rings. The molecule has 1 saturated heterocycles. The van der Waals surface area contributed by atoms with Crippen molar-refractivity contribution >= 4 is 33.1 Å². The number of nitrogens with zero attached hydrogens (tertiary/aromatic N) is 3. The number of ether oxygens (including phenoxy) is 2. The molecule has 9 nitrogen and oxygen atoms in total. The topological polar surface area (TPSA) is 106 Å². The van der Waals surface area contributed by atoms with E-state index in [1.54, 1.807) is 24.3 Å². The SMILES string of the molecule is CC(C)Oc1cc(O[C@@H]2CCN(C)C2)ccc1Cc1ncc(Cl)c(Nc2ccccc2S(=O)(=O)NCC2CC2)n1. The summed E-state index contributed by atoms with van der Waals surface area (Å²) in [5.74, 6) is 2.74. The van der Waals surface area contributed by atoms with E-state index in [1.165, 1.54) is 6.20 Å². The number of rotatable bonds is 12. The van der Waals surface area contributed by atoms with Crippen LogP contribution in [0.2, 0.25) is 5.02 Å². The van der Waals surface area contributed by atoms with Gasteiger partial charge in [0, 0.05) is 37.7 Å². The molecule has 214 valence electrons. The zero-order valence-electron chi connectivity index (χ0n) is 23.1. The lowest BCUT2D eigenvalue weighted by Crippen LogP contribution is -2.26. The maximum Gasteiger partial charge on any atom is 0.242 e. The van der Waals surface area contributed by atoms with E-state index in [0.29, 0.717) is 42.0 Å². The van der Waals surface area contributed by atoms with E-state index in [9.17, 15) is 8.42 Å². The highest BCUT2D eigenvalue weighted by Gasteiger charge is 2.26. The van der Waals surface area contributed by atoms with Crippen LogP contribution in [-0.2, 0) is 16.4 Å². The Labute approximate surface area is 241 Å². The summed E-state index contributed by atoms with van der Waals surface area (Å²) >= 11 is 6.44. The molecule has 0 unspecified atom stereocenters. The minimum absolute atomic E-state index is 0.0260. The summed E-state index contributed by atoms with van der Waals surface area (Å²) in [4.78, 5) is 11.5. The molecule has 1 saturated carbocycles. The molecule has 1 aromatic heterocycles. The fourth-order valence-corrected chi connectivity index (χ4v) is 6.02. The number of para-hydroxylation sites is 1. The van der Waals surface area contributed by atoms with Gasteiger partial charge in [0.05, 0.1) is 18.0 Å². The molecule has 0 amide bonds. The van der Waals surface area contributed by atoms with Crippen LogP contribution < -0.4 is 19.5 Å². The third-order valence-corrected chi connectivity index (χ3v) is 8.64. The third-order valence-electron chi connectivity index (χ3n) is 6.88. The van der Waals surface area contributed by atoms with Crippen LogP contribution in [-0.4, -0.2) is 62.2 Å². The summed E-state index contributed by atoms with van der Waals surface area (Å²) in [5.41, 5.74) is 1.30. The van der Waals surface area contributed by atoms with E-state index in [2.05, 4.69) is 32.0 Å². The van der Waals surface area contributed by atoms with E-state index in [4.69, 9.17) is 21.1 Å². The zero-order chi connectivity index (χ0) is 28.3. The molecule has 2 fully saturated rings. The summed E-state index contributed by atoms with van der Waals surface area (Å²) in [6.07, 6.45) is 5.15. The summed E-state index contributed by atoms with van der Waals surface area (Å²) in [6.45, 7) is 6.33. The second-order valence-electron chi connectivity index (χ2n) is 10.8. The van der Waals surface area contributed by atoms with Gasteiger partial charge in [0.2, 0.25) is 10.0 Å². The molecular formula is C29H36ClN5O4S. The Bertz CT molecular complexity index is 1450. The molecule has 2 heterocycles. The highest BCUT2D eigenvalue weighted by atomic mass is 35.5. The second-order valence-corrected chi connectivity index (χ2v) is 12.9. The van der Waals surface area contributed by atoms with Crippen molar-refractivity contribution in [2.45, 2.75) is 56.6 Å². The second kappa shape index (κ2) is 12.3. The summed E-state index contributed by atoms with van der Waals surface area (Å²) in [7, 11) is -1.61. The number of nitrogens with one attached hydrogen (secondary N) is 2. The van der Waals surface area contributed by atoms with Crippen molar-refractivity contribution < 1.29 is 17.9 Å². The van der Waals surface area contributed by atoms with Gasteiger partial charge in [0.1, 0.15) is 33.3 Å². The van der Waals surface area contributed by atoms with E-state index >= 15 is 0 Å². The van der Waals surface area contributed by atoms with Crippen LogP contribution in [0, 0.1) is 5.92 Å². The molecule has 5 rings (SSSR count). The van der Waals surface area contributed by atoms with Gasteiger partial charge in [-0.25, -0.2) is 23.1 Å². The summed E-state index contributed by atoms with van der Waals surface area (Å²) in [6, 6.07) is 12.6. The first-order valence-corrected chi connectivity index (χ1v) is 15.5. The van der Waals surface area contributed by atoms with Crippen molar-refractivity contribution in [2.75, 3.05) is 32.0 Å². The van der Waals surface area contributed by atoms with E-state index < -0.39 is 10.0 Å². The van der Waals surface area contributed by atoms with Crippen LogP contribution in [0.15, 0.2) is 53.6 Å². The maximum atomic E-state index is 13.0. The van der Waals surface area contributed by atoms with Crippen LogP contribution in [0.3, 0.4) is 0 Å². The number of hydrogen-bond acceptors (Lipinski definition) is 8. The first kappa shape index (κ1) is 28.6. The minimum atomic E-state index is -3.70. The van der Waals surface area contributed by atoms with Crippen molar-refractivity contribution in [3.8, 4) is 11.5 Å². The van der Waals surface area contributed by atoms with Gasteiger partial charge in [-0.1, -0.05) is 29.8 Å². The summed E-state index contributed by atoms with van der Waals surface area (Å²) < 4.78 is 41.1. The summed E-state index contributed by atoms with van der Waals surface area (Å²) in [5, 5.41) is 3.40. The van der Waals surface area contributed by atoms with Crippen molar-refractivity contribution in [3.63, 3.8) is 0 Å². The van der Waals surface area contributed by atoms with Crippen LogP contribution in [0.25, 0.3) is 0 Å². The third kappa shape index (κ3) is 7.42. The average Bonchev–Trinajstić information content (AvgIpc) is 3.66. The number of hydrogen-bond donors (Lipinski definition) is 2. The van der Waals surface area contributed by atoms with Gasteiger partial charge in [0.15, 0.2) is 5.82 Å². The first-order valence-electron chi connectivity index (χ1n) is 13.7. The first-order chi connectivity index (χ1) is 19.2. The number of likely N-dealkylation sites (N-methyl/N-ethyl adjacent to an activating group) is 1. The lowest BCUT2D eigenvalue weighted by atomic mass is 10.1. The smallest absolute Gasteiger partial charge is 0.242 e. The quantitative estimate of drug-likeness (QED) is 0.305. The molecule has 2 aromatic carbocycles. The highest BCUT2D eigenvalue weighted by Crippen LogP contribution is 2.32. The zero-order valence-corrected chi connectivity index (χ0v) is 24.6. The molecular weight excluding hydrogens is 550 g/mol. The van der Waals surface area contributed by atoms with Gasteiger partial charge in [-0.05, 0) is 64.3 Å². The maximum absolute atomic E-state index is 13.0. The Hall–Kier alpha value is -2.92. The Kier molecular flexibility index (Phi) is 8.80. The van der Waals surface area contributed by atoms with Crippen molar-refractivity contribution in [3.05, 3.63) is 65.1 Å². The molecule has 1 aliphatic heterocycles. The van der Waals surface area contributed by atoms with E-state index in [1.807, 2.05) is 32.0 Å². The number of likely N-dealkylation sites (tertiary alicyclic amines) is 1. The highest BCUT2D eigenvalue weighted by molar-refractivity contribution is 7.89. The molecule has 0 bridgehead atoms. The van der Waals surface area contributed by atoms with Crippen LogP contribution in [0.1, 0.15) is 44.5 Å². The molecule has 40 heavy (non-hydrogen) atoms. The minimum Gasteiger partial charge on any atom is -0.491 e. The van der Waals surface area contributed by atoms with Crippen LogP contribution in [0.4, 0.5) is 11.5 Å². The van der Waals surface area contributed by atoms with E-state index in [0.717, 1.165) is 43.7 Å². The normalized spacial score (nSPS) is 17.8. The van der Waals surface area contributed by atoms with Gasteiger partial charge in [-0.2, -0.15) is 0 Å². The van der Waals surface area contributed by atoms with Gasteiger partial charge >= 0.3 is 0 Å². The number of anilines is 2. The van der Waals surface area contributed by atoms with Crippen LogP contribution >= 0.6 is 11.6 Å². The van der Waals surface area contributed by atoms with Crippen molar-refractivity contribution in [2.24, 2.45) is 5.92 Å². The Morgan fingerprint density at radius 2 is 1.95 bits per heavy atom. The average molecular weight is 586 g/mol. The standard InChI is InChI=1S/C29H36ClN5O4S/c1-19(2)38-26-15-22(39-23-12-13-35(3)18-23)11-10-21(26)14-28-31-17-24(30)29(34-28)33-25-6-4-5-7-27(25)40(36,37)32-16-20-8-9-20/h4-7,10-11,15,17,19-20,23,32H,8-9,12-14,16,18H2,1-3H3,(H,31,33,34)/t23-/m1/s1. The molecule has 1 atom stereocenters. The fraction of sp³-hybridized carbons (Fsp3) is 0.448. The van der Waals surface area contributed by atoms with Gasteiger partial charge in [-0.15, -0.1) is 0 Å². The van der Waals surface area contributed by atoms with Gasteiger partial charge < -0.3 is 19.7 Å². The lowest BCUT2D eigenvalue weighted by molar-refractivity contribution is 0.204. The number of aromatic nitrogens is 2. The Morgan fingerprint density at radius 1 is 1.15 bits per heavy atom. The molecule has 0 radical (unpaired) electrons. The number of benzene rings is 2.